The molecule has 0 saturated heterocycles. The van der Waals surface area contributed by atoms with Crippen molar-refractivity contribution < 1.29 is 4.79 Å². The van der Waals surface area contributed by atoms with E-state index in [-0.39, 0.29) is 5.91 Å². The van der Waals surface area contributed by atoms with Crippen LogP contribution in [0.3, 0.4) is 0 Å². The van der Waals surface area contributed by atoms with Gasteiger partial charge in [0.15, 0.2) is 10.3 Å². The van der Waals surface area contributed by atoms with Crippen LogP contribution < -0.4 is 11.1 Å². The number of nitrogen functional groups attached to an aromatic ring is 1. The first-order chi connectivity index (χ1) is 8.72. The van der Waals surface area contributed by atoms with Crippen LogP contribution >= 0.6 is 22.7 Å². The fraction of sp³-hybridized carbons (Fsp3) is 0. The van der Waals surface area contributed by atoms with E-state index >= 15 is 0 Å². The van der Waals surface area contributed by atoms with Crippen molar-refractivity contribution in [3.63, 3.8) is 0 Å². The van der Waals surface area contributed by atoms with Gasteiger partial charge in [0, 0.05) is 6.20 Å². The van der Waals surface area contributed by atoms with Crippen molar-refractivity contribution in [3.8, 4) is 0 Å². The van der Waals surface area contributed by atoms with E-state index in [0.717, 1.165) is 21.6 Å². The molecule has 1 amide bonds. The van der Waals surface area contributed by atoms with Gasteiger partial charge >= 0.3 is 0 Å². The second-order valence-electron chi connectivity index (χ2n) is 3.38. The molecule has 0 unspecified atom stereocenters. The van der Waals surface area contributed by atoms with Crippen molar-refractivity contribution >= 4 is 49.1 Å². The Morgan fingerprint density at radius 1 is 1.33 bits per heavy atom. The third kappa shape index (κ3) is 2.03. The highest BCUT2D eigenvalue weighted by Crippen LogP contribution is 2.25. The fourth-order valence-electron chi connectivity index (χ4n) is 1.38. The molecule has 0 aromatic carbocycles. The molecule has 0 aliphatic rings. The maximum Gasteiger partial charge on any atom is 0.269 e. The Labute approximate surface area is 110 Å². The molecular formula is C10H7N5OS2. The summed E-state index contributed by atoms with van der Waals surface area (Å²) in [5, 5.41) is 3.62. The molecule has 3 aromatic heterocycles. The van der Waals surface area contributed by atoms with E-state index in [4.69, 9.17) is 5.73 Å². The van der Waals surface area contributed by atoms with E-state index in [9.17, 15) is 4.79 Å². The predicted molar refractivity (Wildman–Crippen MR) is 71.9 cm³/mol. The van der Waals surface area contributed by atoms with Gasteiger partial charge in [-0.05, 0) is 6.07 Å². The van der Waals surface area contributed by atoms with E-state index < -0.39 is 0 Å². The smallest absolute Gasteiger partial charge is 0.269 e. The summed E-state index contributed by atoms with van der Waals surface area (Å²) >= 11 is 2.54. The van der Waals surface area contributed by atoms with Crippen molar-refractivity contribution in [2.24, 2.45) is 0 Å². The Hall–Kier alpha value is -2.06. The van der Waals surface area contributed by atoms with Gasteiger partial charge in [-0.3, -0.25) is 15.1 Å². The molecule has 0 aliphatic heterocycles. The minimum atomic E-state index is -0.254. The summed E-state index contributed by atoms with van der Waals surface area (Å²) in [5.74, 6) is -0.254. The summed E-state index contributed by atoms with van der Waals surface area (Å²) < 4.78 is 0.976. The van der Waals surface area contributed by atoms with Crippen molar-refractivity contribution in [1.82, 2.24) is 15.0 Å². The van der Waals surface area contributed by atoms with Gasteiger partial charge in [-0.25, -0.2) is 9.97 Å². The van der Waals surface area contributed by atoms with Crippen LogP contribution in [0.5, 0.6) is 0 Å². The number of nitrogens with two attached hydrogens (primary N) is 1. The number of thiazole rings is 2. The fourth-order valence-corrected chi connectivity index (χ4v) is 2.79. The molecule has 90 valence electrons. The summed E-state index contributed by atoms with van der Waals surface area (Å²) in [6, 6.07) is 1.85. The molecule has 0 fully saturated rings. The van der Waals surface area contributed by atoms with Gasteiger partial charge in [0.1, 0.15) is 10.4 Å². The van der Waals surface area contributed by atoms with E-state index in [1.165, 1.54) is 17.5 Å². The quantitative estimate of drug-likeness (QED) is 0.747. The van der Waals surface area contributed by atoms with Crippen LogP contribution in [0, 0.1) is 0 Å². The monoisotopic (exact) mass is 277 g/mol. The summed E-state index contributed by atoms with van der Waals surface area (Å²) in [6.07, 6.45) is 4.80. The van der Waals surface area contributed by atoms with Crippen LogP contribution in [-0.2, 0) is 0 Å². The number of aromatic nitrogens is 3. The van der Waals surface area contributed by atoms with Gasteiger partial charge in [0.25, 0.3) is 5.91 Å². The van der Waals surface area contributed by atoms with E-state index in [1.807, 2.05) is 6.07 Å². The lowest BCUT2D eigenvalue weighted by atomic mass is 10.5. The number of fused-ring (bicyclic) bond motifs is 1. The molecule has 0 bridgehead atoms. The summed E-state index contributed by atoms with van der Waals surface area (Å²) in [4.78, 5) is 24.4. The van der Waals surface area contributed by atoms with Crippen LogP contribution in [0.1, 0.15) is 9.67 Å². The first-order valence-corrected chi connectivity index (χ1v) is 6.59. The minimum Gasteiger partial charge on any atom is -0.375 e. The van der Waals surface area contributed by atoms with Crippen LogP contribution in [0.2, 0.25) is 0 Å². The summed E-state index contributed by atoms with van der Waals surface area (Å²) in [6.45, 7) is 0. The Balaban J connectivity index is 1.86. The molecule has 6 nitrogen and oxygen atoms in total. The van der Waals surface area contributed by atoms with Crippen molar-refractivity contribution in [1.29, 1.82) is 0 Å². The zero-order chi connectivity index (χ0) is 12.5. The number of carbonyl (C=O) groups is 1. The molecule has 3 rings (SSSR count). The first kappa shape index (κ1) is 11.1. The van der Waals surface area contributed by atoms with E-state index in [2.05, 4.69) is 20.3 Å². The van der Waals surface area contributed by atoms with Gasteiger partial charge in [-0.15, -0.1) is 0 Å². The number of hydrogen-bond donors (Lipinski definition) is 2. The summed E-state index contributed by atoms with van der Waals surface area (Å²) in [5.41, 5.74) is 6.24. The van der Waals surface area contributed by atoms with Crippen LogP contribution in [0.4, 0.5) is 10.3 Å². The van der Waals surface area contributed by atoms with Crippen molar-refractivity contribution in [3.05, 3.63) is 29.5 Å². The average molecular weight is 277 g/mol. The number of nitrogens with one attached hydrogen (secondary N) is 1. The van der Waals surface area contributed by atoms with Gasteiger partial charge in [-0.1, -0.05) is 22.7 Å². The standard InChI is InChI=1S/C10H7N5OS2/c11-9-13-4-7(17-9)8(16)15-10-14-5-3-12-2-1-6(5)18-10/h1-4H,(H2,11,13)(H,14,15,16). The van der Waals surface area contributed by atoms with E-state index in [1.54, 1.807) is 12.4 Å². The second-order valence-corrected chi connectivity index (χ2v) is 5.47. The zero-order valence-corrected chi connectivity index (χ0v) is 10.6. The number of hydrogen-bond acceptors (Lipinski definition) is 7. The van der Waals surface area contributed by atoms with Crippen LogP contribution in [0.25, 0.3) is 10.2 Å². The zero-order valence-electron chi connectivity index (χ0n) is 8.95. The Bertz CT molecular complexity index is 687. The molecule has 0 saturated carbocycles. The van der Waals surface area contributed by atoms with Crippen LogP contribution in [0.15, 0.2) is 24.7 Å². The van der Waals surface area contributed by atoms with Crippen LogP contribution in [-0.4, -0.2) is 20.9 Å². The highest BCUT2D eigenvalue weighted by atomic mass is 32.1. The van der Waals surface area contributed by atoms with Crippen molar-refractivity contribution in [2.45, 2.75) is 0 Å². The molecule has 0 atom stereocenters. The summed E-state index contributed by atoms with van der Waals surface area (Å²) in [7, 11) is 0. The third-order valence-corrected chi connectivity index (χ3v) is 3.93. The molecule has 0 spiro atoms. The normalized spacial score (nSPS) is 10.7. The lowest BCUT2D eigenvalue weighted by molar-refractivity contribution is 0.103. The molecule has 8 heteroatoms. The number of rotatable bonds is 2. The SMILES string of the molecule is Nc1ncc(C(=O)Nc2nc3cnccc3s2)s1. The second kappa shape index (κ2) is 4.31. The number of nitrogens with zero attached hydrogens (tertiary/aromatic N) is 3. The Morgan fingerprint density at radius 2 is 2.22 bits per heavy atom. The maximum absolute atomic E-state index is 11.9. The number of amides is 1. The van der Waals surface area contributed by atoms with Crippen molar-refractivity contribution in [2.75, 3.05) is 11.1 Å². The number of anilines is 2. The largest absolute Gasteiger partial charge is 0.375 e. The van der Waals surface area contributed by atoms with Gasteiger partial charge in [-0.2, -0.15) is 0 Å². The predicted octanol–water partition coefficient (Wildman–Crippen LogP) is 1.98. The Morgan fingerprint density at radius 3 is 2.94 bits per heavy atom. The topological polar surface area (TPSA) is 93.8 Å². The molecule has 0 aliphatic carbocycles. The highest BCUT2D eigenvalue weighted by molar-refractivity contribution is 7.22. The molecule has 3 aromatic rings. The lowest BCUT2D eigenvalue weighted by Crippen LogP contribution is -2.09. The van der Waals surface area contributed by atoms with E-state index in [0.29, 0.717) is 15.1 Å². The number of carbonyl (C=O) groups excluding carboxylic acids is 1. The number of pyridine rings is 1. The Kier molecular flexibility index (Phi) is 2.65. The van der Waals surface area contributed by atoms with Gasteiger partial charge < -0.3 is 5.73 Å². The molecule has 3 N–H and O–H groups in total. The highest BCUT2D eigenvalue weighted by Gasteiger charge is 2.12. The minimum absolute atomic E-state index is 0.254. The molecular weight excluding hydrogens is 270 g/mol. The lowest BCUT2D eigenvalue weighted by Gasteiger charge is -1.96. The van der Waals surface area contributed by atoms with Gasteiger partial charge in [0.05, 0.1) is 17.1 Å². The van der Waals surface area contributed by atoms with Gasteiger partial charge in [0.2, 0.25) is 0 Å². The molecule has 0 radical (unpaired) electrons. The first-order valence-electron chi connectivity index (χ1n) is 4.95. The maximum atomic E-state index is 11.9. The average Bonchev–Trinajstić information content (AvgIpc) is 2.94. The molecule has 3 heterocycles. The molecule has 18 heavy (non-hydrogen) atoms. The third-order valence-electron chi connectivity index (χ3n) is 2.16.